The summed E-state index contributed by atoms with van der Waals surface area (Å²) in [6.07, 6.45) is 12.5. The van der Waals surface area contributed by atoms with Gasteiger partial charge in [-0.25, -0.2) is 0 Å². The minimum Gasteiger partial charge on any atom is -0.396 e. The van der Waals surface area contributed by atoms with E-state index in [1.807, 2.05) is 18.2 Å². The lowest BCUT2D eigenvalue weighted by molar-refractivity contribution is -0.296. The molecule has 0 aliphatic carbocycles. The Bertz CT molecular complexity index is 466. The van der Waals surface area contributed by atoms with E-state index >= 15 is 0 Å². The highest BCUT2D eigenvalue weighted by Crippen LogP contribution is 2.44. The van der Waals surface area contributed by atoms with E-state index in [1.165, 1.54) is 0 Å². The van der Waals surface area contributed by atoms with E-state index in [9.17, 15) is 10.2 Å². The quantitative estimate of drug-likeness (QED) is 0.377. The molecule has 0 aromatic carbocycles. The third-order valence-corrected chi connectivity index (χ3v) is 5.82. The summed E-state index contributed by atoms with van der Waals surface area (Å²) in [6.45, 7) is 5.96. The molecular weight excluding hydrogens is 344 g/mol. The van der Waals surface area contributed by atoms with Gasteiger partial charge in [0, 0.05) is 19.4 Å². The van der Waals surface area contributed by atoms with E-state index in [1.54, 1.807) is 0 Å². The SMILES string of the molecule is C=CCCC[C@H](O)C[C@@H]1CC[C@@]2(CC[C@@H](C)[C@H]([C@@H](O)C/C=C\CCO)O2)O1. The van der Waals surface area contributed by atoms with Gasteiger partial charge in [0.1, 0.15) is 0 Å². The summed E-state index contributed by atoms with van der Waals surface area (Å²) < 4.78 is 12.6. The summed E-state index contributed by atoms with van der Waals surface area (Å²) in [5, 5.41) is 29.6. The van der Waals surface area contributed by atoms with Crippen LogP contribution < -0.4 is 0 Å². The van der Waals surface area contributed by atoms with Crippen molar-refractivity contribution in [1.82, 2.24) is 0 Å². The Labute approximate surface area is 164 Å². The van der Waals surface area contributed by atoms with Gasteiger partial charge in [0.25, 0.3) is 0 Å². The Kier molecular flexibility index (Phi) is 9.46. The van der Waals surface area contributed by atoms with Gasteiger partial charge in [-0.2, -0.15) is 0 Å². The highest BCUT2D eigenvalue weighted by atomic mass is 16.7. The smallest absolute Gasteiger partial charge is 0.169 e. The standard InChI is InChI=1S/C22H38O5/c1-3-4-6-9-18(24)16-19-12-14-22(26-19)13-11-17(2)21(27-22)20(25)10-7-5-8-15-23/h3,5,7,17-21,23-25H,1,4,6,8-16H2,2H3/b7-5-/t17-,18+,19+,20+,21-,22+/m1/s1. The molecule has 0 aromatic heterocycles. The number of hydrogen-bond donors (Lipinski definition) is 3. The Morgan fingerprint density at radius 1 is 1.15 bits per heavy atom. The third kappa shape index (κ3) is 6.99. The Morgan fingerprint density at radius 2 is 1.93 bits per heavy atom. The van der Waals surface area contributed by atoms with Gasteiger partial charge in [0.05, 0.1) is 24.4 Å². The molecule has 0 aromatic rings. The van der Waals surface area contributed by atoms with Gasteiger partial charge in [0.15, 0.2) is 5.79 Å². The molecule has 6 atom stereocenters. The van der Waals surface area contributed by atoms with E-state index in [4.69, 9.17) is 14.6 Å². The van der Waals surface area contributed by atoms with Gasteiger partial charge < -0.3 is 24.8 Å². The fourth-order valence-electron chi connectivity index (χ4n) is 4.21. The normalized spacial score (nSPS) is 33.6. The molecule has 2 heterocycles. The van der Waals surface area contributed by atoms with E-state index in [0.29, 0.717) is 19.3 Å². The van der Waals surface area contributed by atoms with Gasteiger partial charge in [0.2, 0.25) is 0 Å². The maximum Gasteiger partial charge on any atom is 0.169 e. The van der Waals surface area contributed by atoms with Crippen molar-refractivity contribution < 1.29 is 24.8 Å². The zero-order valence-electron chi connectivity index (χ0n) is 16.8. The van der Waals surface area contributed by atoms with E-state index in [0.717, 1.165) is 44.9 Å². The second kappa shape index (κ2) is 11.3. The van der Waals surface area contributed by atoms with Crippen molar-refractivity contribution in [3.8, 4) is 0 Å². The molecule has 1 spiro atoms. The molecule has 0 saturated carbocycles. The van der Waals surface area contributed by atoms with E-state index in [2.05, 4.69) is 13.5 Å². The van der Waals surface area contributed by atoms with Gasteiger partial charge in [-0.3, -0.25) is 0 Å². The third-order valence-electron chi connectivity index (χ3n) is 5.82. The lowest BCUT2D eigenvalue weighted by atomic mass is 9.87. The Morgan fingerprint density at radius 3 is 2.67 bits per heavy atom. The van der Waals surface area contributed by atoms with Crippen LogP contribution in [0.25, 0.3) is 0 Å². The number of ether oxygens (including phenoxy) is 2. The van der Waals surface area contributed by atoms with Crippen molar-refractivity contribution in [2.24, 2.45) is 5.92 Å². The summed E-state index contributed by atoms with van der Waals surface area (Å²) in [7, 11) is 0. The maximum absolute atomic E-state index is 10.6. The predicted octanol–water partition coefficient (Wildman–Crippen LogP) is 3.47. The molecule has 3 N–H and O–H groups in total. The van der Waals surface area contributed by atoms with Crippen LogP contribution in [0.1, 0.15) is 71.1 Å². The first kappa shape index (κ1) is 22.6. The van der Waals surface area contributed by atoms with E-state index in [-0.39, 0.29) is 30.8 Å². The van der Waals surface area contributed by atoms with Crippen LogP contribution in [-0.2, 0) is 9.47 Å². The molecule has 5 heteroatoms. The zero-order valence-corrected chi connectivity index (χ0v) is 16.8. The molecule has 156 valence electrons. The fourth-order valence-corrected chi connectivity index (χ4v) is 4.21. The van der Waals surface area contributed by atoms with Gasteiger partial charge in [-0.05, 0) is 57.3 Å². The van der Waals surface area contributed by atoms with Crippen LogP contribution in [0.15, 0.2) is 24.8 Å². The first-order valence-corrected chi connectivity index (χ1v) is 10.6. The molecule has 0 radical (unpaired) electrons. The number of rotatable bonds is 11. The van der Waals surface area contributed by atoms with Crippen molar-refractivity contribution in [3.05, 3.63) is 24.8 Å². The van der Waals surface area contributed by atoms with Crippen LogP contribution in [0.4, 0.5) is 0 Å². The van der Waals surface area contributed by atoms with Crippen LogP contribution in [0, 0.1) is 5.92 Å². The monoisotopic (exact) mass is 382 g/mol. The fraction of sp³-hybridized carbons (Fsp3) is 0.818. The molecule has 0 unspecified atom stereocenters. The van der Waals surface area contributed by atoms with Crippen LogP contribution in [0.2, 0.25) is 0 Å². The average molecular weight is 383 g/mol. The maximum atomic E-state index is 10.6. The highest BCUT2D eigenvalue weighted by molar-refractivity contribution is 4.93. The molecule has 0 bridgehead atoms. The predicted molar refractivity (Wildman–Crippen MR) is 106 cm³/mol. The summed E-state index contributed by atoms with van der Waals surface area (Å²) in [5.74, 6) is -0.317. The molecule has 2 aliphatic heterocycles. The first-order chi connectivity index (χ1) is 13.0. The van der Waals surface area contributed by atoms with Gasteiger partial charge in [-0.1, -0.05) is 25.2 Å². The second-order valence-corrected chi connectivity index (χ2v) is 8.18. The molecule has 2 rings (SSSR count). The van der Waals surface area contributed by atoms with Crippen LogP contribution in [-0.4, -0.2) is 52.1 Å². The molecule has 0 amide bonds. The highest BCUT2D eigenvalue weighted by Gasteiger charge is 2.48. The van der Waals surface area contributed by atoms with Crippen LogP contribution >= 0.6 is 0 Å². The molecule has 2 fully saturated rings. The Balaban J connectivity index is 1.84. The van der Waals surface area contributed by atoms with Crippen molar-refractivity contribution in [1.29, 1.82) is 0 Å². The van der Waals surface area contributed by atoms with Crippen molar-refractivity contribution >= 4 is 0 Å². The topological polar surface area (TPSA) is 79.2 Å². The molecule has 2 aliphatic rings. The van der Waals surface area contributed by atoms with Crippen molar-refractivity contribution in [2.75, 3.05) is 6.61 Å². The lowest BCUT2D eigenvalue weighted by Gasteiger charge is -2.43. The number of aliphatic hydroxyl groups excluding tert-OH is 3. The molecule has 2 saturated heterocycles. The first-order valence-electron chi connectivity index (χ1n) is 10.6. The van der Waals surface area contributed by atoms with E-state index < -0.39 is 11.9 Å². The van der Waals surface area contributed by atoms with Crippen LogP contribution in [0.5, 0.6) is 0 Å². The second-order valence-electron chi connectivity index (χ2n) is 8.18. The number of hydrogen-bond acceptors (Lipinski definition) is 5. The summed E-state index contributed by atoms with van der Waals surface area (Å²) in [5.41, 5.74) is 0. The zero-order chi connectivity index (χ0) is 19.7. The number of aliphatic hydroxyl groups is 3. The van der Waals surface area contributed by atoms with Gasteiger partial charge in [-0.15, -0.1) is 6.58 Å². The summed E-state index contributed by atoms with van der Waals surface area (Å²) >= 11 is 0. The summed E-state index contributed by atoms with van der Waals surface area (Å²) in [6, 6.07) is 0. The molecular formula is C22H38O5. The molecule has 27 heavy (non-hydrogen) atoms. The minimum absolute atomic E-state index is 0.0272. The average Bonchev–Trinajstić information content (AvgIpc) is 3.03. The lowest BCUT2D eigenvalue weighted by Crippen LogP contribution is -2.49. The summed E-state index contributed by atoms with van der Waals surface area (Å²) in [4.78, 5) is 0. The Hall–Kier alpha value is -0.720. The molecule has 5 nitrogen and oxygen atoms in total. The van der Waals surface area contributed by atoms with Crippen molar-refractivity contribution in [3.63, 3.8) is 0 Å². The number of unbranched alkanes of at least 4 members (excludes halogenated alkanes) is 1. The van der Waals surface area contributed by atoms with Gasteiger partial charge >= 0.3 is 0 Å². The minimum atomic E-state index is -0.599. The van der Waals surface area contributed by atoms with Crippen LogP contribution in [0.3, 0.4) is 0 Å². The van der Waals surface area contributed by atoms with Crippen molar-refractivity contribution in [2.45, 2.75) is 101 Å². The number of allylic oxidation sites excluding steroid dienone is 1. The largest absolute Gasteiger partial charge is 0.396 e.